The van der Waals surface area contributed by atoms with Crippen LogP contribution in [0.25, 0.3) is 0 Å². The standard InChI is InChI=1S/C29H49BN4O13/c30-25(36)5-15-46-17-19-47-18-16-45-14-1-2-23(35)3-4-24(29(43)44)34-12-10-32(21-27(39)40)8-6-31(20-26(37)38)7-9-33(11-13-34)22-28(41)42/h24H,1-22H2,(H,37,38)(H,39,40)(H,41,42)(H,43,44). The first kappa shape index (κ1) is 42.0. The maximum Gasteiger partial charge on any atom is 0.320 e. The van der Waals surface area contributed by atoms with Gasteiger partial charge in [0.1, 0.15) is 11.8 Å². The number of aliphatic carboxylic acids is 4. The molecule has 1 heterocycles. The van der Waals surface area contributed by atoms with E-state index in [0.717, 1.165) is 0 Å². The summed E-state index contributed by atoms with van der Waals surface area (Å²) in [5.74, 6) is -4.50. The van der Waals surface area contributed by atoms with Crippen molar-refractivity contribution < 1.29 is 63.4 Å². The van der Waals surface area contributed by atoms with Crippen LogP contribution in [0.1, 0.15) is 32.1 Å². The lowest BCUT2D eigenvalue weighted by molar-refractivity contribution is -0.145. The lowest BCUT2D eigenvalue weighted by atomic mass is 10.0. The van der Waals surface area contributed by atoms with Crippen molar-refractivity contribution in [2.75, 3.05) is 112 Å². The van der Waals surface area contributed by atoms with Crippen molar-refractivity contribution >= 4 is 43.2 Å². The molecule has 1 aliphatic heterocycles. The average Bonchev–Trinajstić information content (AvgIpc) is 2.97. The first-order valence-electron chi connectivity index (χ1n) is 15.7. The number of rotatable bonds is 24. The molecule has 1 atom stereocenters. The second-order valence-corrected chi connectivity index (χ2v) is 11.1. The lowest BCUT2D eigenvalue weighted by Gasteiger charge is -2.35. The molecule has 0 amide bonds. The van der Waals surface area contributed by atoms with Gasteiger partial charge in [-0.25, -0.2) is 0 Å². The van der Waals surface area contributed by atoms with Gasteiger partial charge in [-0.15, -0.1) is 0 Å². The second-order valence-electron chi connectivity index (χ2n) is 11.1. The molecule has 4 N–H and O–H groups in total. The fourth-order valence-electron chi connectivity index (χ4n) is 4.88. The van der Waals surface area contributed by atoms with Gasteiger partial charge in [0.05, 0.1) is 58.4 Å². The number of nitrogens with zero attached hydrogens (tertiary/aromatic N) is 4. The molecule has 1 rings (SSSR count). The Morgan fingerprint density at radius 3 is 1.36 bits per heavy atom. The predicted molar refractivity (Wildman–Crippen MR) is 167 cm³/mol. The van der Waals surface area contributed by atoms with Gasteiger partial charge < -0.3 is 39.4 Å². The van der Waals surface area contributed by atoms with E-state index >= 15 is 0 Å². The smallest absolute Gasteiger partial charge is 0.320 e. The molecule has 0 aliphatic carbocycles. The summed E-state index contributed by atoms with van der Waals surface area (Å²) in [5, 5.41) is 38.2. The van der Waals surface area contributed by atoms with Crippen LogP contribution in [0.3, 0.4) is 0 Å². The Morgan fingerprint density at radius 2 is 0.957 bits per heavy atom. The van der Waals surface area contributed by atoms with E-state index in [-0.39, 0.29) is 110 Å². The van der Waals surface area contributed by atoms with Crippen LogP contribution in [0, 0.1) is 0 Å². The number of carboxylic acid groups (broad SMARTS) is 4. The van der Waals surface area contributed by atoms with E-state index < -0.39 is 35.6 Å². The third-order valence-electron chi connectivity index (χ3n) is 7.35. The summed E-state index contributed by atoms with van der Waals surface area (Å²) in [4.78, 5) is 76.4. The Hall–Kier alpha value is -3.00. The highest BCUT2D eigenvalue weighted by atomic mass is 16.5. The van der Waals surface area contributed by atoms with Crippen LogP contribution >= 0.6 is 0 Å². The van der Waals surface area contributed by atoms with Crippen LogP contribution in [0.15, 0.2) is 0 Å². The predicted octanol–water partition coefficient (Wildman–Crippen LogP) is -1.82. The maximum atomic E-state index is 12.6. The highest BCUT2D eigenvalue weighted by molar-refractivity contribution is 6.57. The van der Waals surface area contributed by atoms with Gasteiger partial charge in [0.2, 0.25) is 0 Å². The van der Waals surface area contributed by atoms with Crippen molar-refractivity contribution in [1.82, 2.24) is 19.6 Å². The van der Waals surface area contributed by atoms with Crippen molar-refractivity contribution in [3.63, 3.8) is 0 Å². The minimum absolute atomic E-state index is 0.00810. The molecule has 47 heavy (non-hydrogen) atoms. The van der Waals surface area contributed by atoms with E-state index in [9.17, 15) is 49.2 Å². The molecule has 0 bridgehead atoms. The zero-order valence-electron chi connectivity index (χ0n) is 27.0. The van der Waals surface area contributed by atoms with Crippen LogP contribution in [0.2, 0.25) is 0 Å². The Labute approximate surface area is 276 Å². The summed E-state index contributed by atoms with van der Waals surface area (Å²) in [6.45, 7) is 2.45. The molecule has 2 radical (unpaired) electrons. The third-order valence-corrected chi connectivity index (χ3v) is 7.35. The van der Waals surface area contributed by atoms with Gasteiger partial charge in [0.15, 0.2) is 7.85 Å². The zero-order valence-corrected chi connectivity index (χ0v) is 27.0. The monoisotopic (exact) mass is 672 g/mol. The lowest BCUT2D eigenvalue weighted by Crippen LogP contribution is -2.51. The molecule has 0 saturated carbocycles. The quantitative estimate of drug-likeness (QED) is 0.0654. The van der Waals surface area contributed by atoms with Crippen LogP contribution in [0.5, 0.6) is 0 Å². The number of carbonyl (C=O) groups is 6. The van der Waals surface area contributed by atoms with Crippen LogP contribution in [-0.4, -0.2) is 201 Å². The number of hydrogen-bond donors (Lipinski definition) is 4. The number of carboxylic acids is 4. The summed E-state index contributed by atoms with van der Waals surface area (Å²) in [7, 11) is 5.02. The topological polar surface area (TPSA) is 224 Å². The number of carbonyl (C=O) groups excluding carboxylic acids is 2. The summed E-state index contributed by atoms with van der Waals surface area (Å²) < 4.78 is 16.0. The molecule has 17 nitrogen and oxygen atoms in total. The van der Waals surface area contributed by atoms with E-state index in [1.165, 1.54) is 0 Å². The molecule has 0 spiro atoms. The molecule has 1 saturated heterocycles. The third kappa shape index (κ3) is 22.3. The van der Waals surface area contributed by atoms with Gasteiger partial charge in [-0.05, 0) is 12.8 Å². The molecule has 266 valence electrons. The van der Waals surface area contributed by atoms with E-state index in [1.807, 2.05) is 0 Å². The zero-order chi connectivity index (χ0) is 35.0. The fourth-order valence-corrected chi connectivity index (χ4v) is 4.88. The van der Waals surface area contributed by atoms with Crippen molar-refractivity contribution in [2.24, 2.45) is 0 Å². The number of Topliss-reactive ketones (excluding diaryl/α,β-unsaturated/α-hetero) is 1. The molecule has 1 fully saturated rings. The number of ether oxygens (including phenoxy) is 3. The SMILES string of the molecule is [B]C(=O)CCOCCOCCOCCCC(=O)CCC(C(=O)O)N1CCN(CC(=O)O)CCN(CC(=O)O)CCN(CC(=O)O)CC1. The van der Waals surface area contributed by atoms with Crippen molar-refractivity contribution in [1.29, 1.82) is 0 Å². The molecular formula is C29H49BN4O13. The average molecular weight is 673 g/mol. The van der Waals surface area contributed by atoms with Gasteiger partial charge in [-0.1, -0.05) is 0 Å². The summed E-state index contributed by atoms with van der Waals surface area (Å²) >= 11 is 0. The fraction of sp³-hybridized carbons (Fsp3) is 0.793. The molecular weight excluding hydrogens is 623 g/mol. The maximum absolute atomic E-state index is 12.6. The molecule has 0 aromatic heterocycles. The first-order chi connectivity index (χ1) is 22.4. The van der Waals surface area contributed by atoms with Gasteiger partial charge in [-0.2, -0.15) is 0 Å². The normalized spacial score (nSPS) is 16.9. The van der Waals surface area contributed by atoms with E-state index in [4.69, 9.17) is 22.1 Å². The van der Waals surface area contributed by atoms with Gasteiger partial charge >= 0.3 is 23.9 Å². The molecule has 1 unspecified atom stereocenters. The molecule has 0 aromatic carbocycles. The van der Waals surface area contributed by atoms with E-state index in [1.54, 1.807) is 19.6 Å². The minimum atomic E-state index is -1.14. The van der Waals surface area contributed by atoms with E-state index in [2.05, 4.69) is 0 Å². The highest BCUT2D eigenvalue weighted by Gasteiger charge is 2.28. The Morgan fingerprint density at radius 1 is 0.553 bits per heavy atom. The van der Waals surface area contributed by atoms with Crippen LogP contribution in [-0.2, 0) is 43.0 Å². The molecule has 18 heteroatoms. The van der Waals surface area contributed by atoms with Crippen LogP contribution in [0.4, 0.5) is 0 Å². The van der Waals surface area contributed by atoms with Crippen molar-refractivity contribution in [2.45, 2.75) is 38.1 Å². The second kappa shape index (κ2) is 25.1. The first-order valence-corrected chi connectivity index (χ1v) is 15.7. The largest absolute Gasteiger partial charge is 0.480 e. The minimum Gasteiger partial charge on any atom is -0.480 e. The Bertz CT molecular complexity index is 958. The molecule has 1 aliphatic rings. The van der Waals surface area contributed by atoms with Crippen LogP contribution < -0.4 is 0 Å². The summed E-state index contributed by atoms with van der Waals surface area (Å²) in [5.41, 5.74) is -0.435. The van der Waals surface area contributed by atoms with Gasteiger partial charge in [0.25, 0.3) is 0 Å². The molecule has 0 aromatic rings. The number of ketones is 1. The number of hydrogen-bond acceptors (Lipinski definition) is 13. The van der Waals surface area contributed by atoms with Gasteiger partial charge in [0, 0.05) is 78.2 Å². The Balaban J connectivity index is 2.66. The summed E-state index contributed by atoms with van der Waals surface area (Å²) in [6, 6.07) is -1.06. The van der Waals surface area contributed by atoms with Gasteiger partial charge in [-0.3, -0.25) is 43.6 Å². The summed E-state index contributed by atoms with van der Waals surface area (Å²) in [6.07, 6.45) is 0.828. The Kier molecular flexibility index (Phi) is 22.4. The van der Waals surface area contributed by atoms with Crippen molar-refractivity contribution in [3.8, 4) is 0 Å². The van der Waals surface area contributed by atoms with E-state index in [0.29, 0.717) is 39.5 Å². The highest BCUT2D eigenvalue weighted by Crippen LogP contribution is 2.12. The van der Waals surface area contributed by atoms with Crippen molar-refractivity contribution in [3.05, 3.63) is 0 Å².